The molecule has 0 aromatic heterocycles. The van der Waals surface area contributed by atoms with E-state index in [1.807, 2.05) is 4.90 Å². The Bertz CT molecular complexity index is 378. The van der Waals surface area contributed by atoms with E-state index in [0.29, 0.717) is 0 Å². The number of benzene rings is 1. The van der Waals surface area contributed by atoms with Gasteiger partial charge in [-0.15, -0.1) is 0 Å². The standard InChI is InChI=1S/C11H13ClF2N2/c12-9-1-2-10(13)8(11(9)14)7-16-5-3-15-4-6-16/h1-2,15H,3-7H2. The van der Waals surface area contributed by atoms with Gasteiger partial charge >= 0.3 is 0 Å². The molecule has 0 atom stereocenters. The number of piperazine rings is 1. The van der Waals surface area contributed by atoms with Crippen LogP contribution in [-0.4, -0.2) is 31.1 Å². The Hall–Kier alpha value is -0.710. The Morgan fingerprint density at radius 1 is 1.25 bits per heavy atom. The molecular weight excluding hydrogens is 234 g/mol. The molecule has 1 heterocycles. The van der Waals surface area contributed by atoms with Gasteiger partial charge in [0.1, 0.15) is 11.6 Å². The van der Waals surface area contributed by atoms with Crippen LogP contribution in [0.3, 0.4) is 0 Å². The first kappa shape index (κ1) is 11.8. The van der Waals surface area contributed by atoms with Crippen molar-refractivity contribution in [1.82, 2.24) is 10.2 Å². The first-order valence-electron chi connectivity index (χ1n) is 5.24. The molecule has 5 heteroatoms. The third-order valence-corrected chi connectivity index (χ3v) is 3.02. The normalized spacial score (nSPS) is 17.7. The summed E-state index contributed by atoms with van der Waals surface area (Å²) in [5, 5.41) is 3.16. The molecule has 2 rings (SSSR count). The lowest BCUT2D eigenvalue weighted by molar-refractivity contribution is 0.227. The monoisotopic (exact) mass is 246 g/mol. The number of hydrogen-bond donors (Lipinski definition) is 1. The molecule has 88 valence electrons. The number of halogens is 3. The molecule has 1 fully saturated rings. The molecule has 0 amide bonds. The van der Waals surface area contributed by atoms with E-state index >= 15 is 0 Å². The predicted molar refractivity (Wildman–Crippen MR) is 59.5 cm³/mol. The molecule has 1 saturated heterocycles. The van der Waals surface area contributed by atoms with Crippen molar-refractivity contribution in [3.8, 4) is 0 Å². The van der Waals surface area contributed by atoms with Crippen molar-refractivity contribution in [2.75, 3.05) is 26.2 Å². The van der Waals surface area contributed by atoms with Gasteiger partial charge in [0, 0.05) is 38.3 Å². The second-order valence-electron chi connectivity index (χ2n) is 3.85. The van der Waals surface area contributed by atoms with E-state index in [9.17, 15) is 8.78 Å². The fraction of sp³-hybridized carbons (Fsp3) is 0.455. The highest BCUT2D eigenvalue weighted by Crippen LogP contribution is 2.22. The molecule has 0 spiro atoms. The maximum atomic E-state index is 13.6. The van der Waals surface area contributed by atoms with Crippen molar-refractivity contribution < 1.29 is 8.78 Å². The van der Waals surface area contributed by atoms with Gasteiger partial charge < -0.3 is 5.32 Å². The van der Waals surface area contributed by atoms with Crippen LogP contribution in [0.15, 0.2) is 12.1 Å². The Kier molecular flexibility index (Phi) is 3.74. The number of nitrogens with zero attached hydrogens (tertiary/aromatic N) is 1. The van der Waals surface area contributed by atoms with Gasteiger partial charge in [-0.2, -0.15) is 0 Å². The fourth-order valence-corrected chi connectivity index (χ4v) is 1.98. The van der Waals surface area contributed by atoms with E-state index in [-0.39, 0.29) is 17.1 Å². The van der Waals surface area contributed by atoms with Crippen LogP contribution in [0.2, 0.25) is 5.02 Å². The van der Waals surface area contributed by atoms with Crippen LogP contribution in [-0.2, 0) is 6.54 Å². The minimum absolute atomic E-state index is 0.0217. The molecule has 1 aromatic carbocycles. The van der Waals surface area contributed by atoms with E-state index < -0.39 is 11.6 Å². The quantitative estimate of drug-likeness (QED) is 0.804. The largest absolute Gasteiger partial charge is 0.314 e. The fourth-order valence-electron chi connectivity index (χ4n) is 1.81. The van der Waals surface area contributed by atoms with Crippen LogP contribution in [0, 0.1) is 11.6 Å². The Morgan fingerprint density at radius 2 is 1.94 bits per heavy atom. The zero-order chi connectivity index (χ0) is 11.5. The molecule has 1 aliphatic rings. The first-order chi connectivity index (χ1) is 7.68. The van der Waals surface area contributed by atoms with Crippen molar-refractivity contribution in [3.63, 3.8) is 0 Å². The third-order valence-electron chi connectivity index (χ3n) is 2.73. The van der Waals surface area contributed by atoms with Gasteiger partial charge in [-0.1, -0.05) is 11.6 Å². The van der Waals surface area contributed by atoms with Crippen molar-refractivity contribution in [2.24, 2.45) is 0 Å². The van der Waals surface area contributed by atoms with Gasteiger partial charge in [-0.25, -0.2) is 8.78 Å². The lowest BCUT2D eigenvalue weighted by atomic mass is 10.1. The maximum absolute atomic E-state index is 13.6. The van der Waals surface area contributed by atoms with Crippen LogP contribution < -0.4 is 5.32 Å². The SMILES string of the molecule is Fc1ccc(Cl)c(F)c1CN1CCNCC1. The van der Waals surface area contributed by atoms with Gasteiger partial charge in [0.2, 0.25) is 0 Å². The molecule has 1 N–H and O–H groups in total. The van der Waals surface area contributed by atoms with E-state index in [4.69, 9.17) is 11.6 Å². The average Bonchev–Trinajstić information content (AvgIpc) is 2.31. The highest BCUT2D eigenvalue weighted by atomic mass is 35.5. The third kappa shape index (κ3) is 2.51. The Labute approximate surface area is 98.2 Å². The first-order valence-corrected chi connectivity index (χ1v) is 5.61. The summed E-state index contributed by atoms with van der Waals surface area (Å²) in [6.45, 7) is 3.57. The number of rotatable bonds is 2. The zero-order valence-corrected chi connectivity index (χ0v) is 9.53. The summed E-state index contributed by atoms with van der Waals surface area (Å²) in [6.07, 6.45) is 0. The Morgan fingerprint density at radius 3 is 2.62 bits per heavy atom. The van der Waals surface area contributed by atoms with E-state index in [0.717, 1.165) is 26.2 Å². The summed E-state index contributed by atoms with van der Waals surface area (Å²) in [5.74, 6) is -1.17. The molecule has 0 radical (unpaired) electrons. The molecule has 16 heavy (non-hydrogen) atoms. The van der Waals surface area contributed by atoms with Gasteiger partial charge in [0.05, 0.1) is 5.02 Å². The van der Waals surface area contributed by atoms with E-state index in [1.54, 1.807) is 0 Å². The molecule has 1 aromatic rings. The topological polar surface area (TPSA) is 15.3 Å². The summed E-state index contributed by atoms with van der Waals surface area (Å²) in [4.78, 5) is 2.01. The minimum Gasteiger partial charge on any atom is -0.314 e. The summed E-state index contributed by atoms with van der Waals surface area (Å²) in [7, 11) is 0. The van der Waals surface area contributed by atoms with Crippen LogP contribution in [0.1, 0.15) is 5.56 Å². The molecule has 1 aliphatic heterocycles. The zero-order valence-electron chi connectivity index (χ0n) is 8.77. The van der Waals surface area contributed by atoms with Crippen molar-refractivity contribution in [2.45, 2.75) is 6.54 Å². The summed E-state index contributed by atoms with van der Waals surface area (Å²) in [5.41, 5.74) is 0.0643. The predicted octanol–water partition coefficient (Wildman–Crippen LogP) is 2.02. The highest BCUT2D eigenvalue weighted by Gasteiger charge is 2.17. The van der Waals surface area contributed by atoms with Crippen molar-refractivity contribution in [1.29, 1.82) is 0 Å². The van der Waals surface area contributed by atoms with E-state index in [1.165, 1.54) is 12.1 Å². The average molecular weight is 247 g/mol. The van der Waals surface area contributed by atoms with Crippen LogP contribution in [0.25, 0.3) is 0 Å². The number of hydrogen-bond acceptors (Lipinski definition) is 2. The number of nitrogens with one attached hydrogen (secondary N) is 1. The van der Waals surface area contributed by atoms with Crippen LogP contribution in [0.4, 0.5) is 8.78 Å². The smallest absolute Gasteiger partial charge is 0.149 e. The second kappa shape index (κ2) is 5.08. The highest BCUT2D eigenvalue weighted by molar-refractivity contribution is 6.30. The molecular formula is C11H13ClF2N2. The summed E-state index contributed by atoms with van der Waals surface area (Å²) < 4.78 is 27.0. The molecule has 2 nitrogen and oxygen atoms in total. The Balaban J connectivity index is 2.16. The van der Waals surface area contributed by atoms with Gasteiger partial charge in [0.25, 0.3) is 0 Å². The minimum atomic E-state index is -0.639. The summed E-state index contributed by atoms with van der Waals surface area (Å²) >= 11 is 5.63. The van der Waals surface area contributed by atoms with Gasteiger partial charge in [-0.05, 0) is 12.1 Å². The molecule has 0 aliphatic carbocycles. The molecule has 0 unspecified atom stereocenters. The maximum Gasteiger partial charge on any atom is 0.149 e. The van der Waals surface area contributed by atoms with Crippen LogP contribution >= 0.6 is 11.6 Å². The second-order valence-corrected chi connectivity index (χ2v) is 4.26. The lowest BCUT2D eigenvalue weighted by Crippen LogP contribution is -2.43. The van der Waals surface area contributed by atoms with Crippen molar-refractivity contribution >= 4 is 11.6 Å². The van der Waals surface area contributed by atoms with Crippen molar-refractivity contribution in [3.05, 3.63) is 34.4 Å². The van der Waals surface area contributed by atoms with Gasteiger partial charge in [0.15, 0.2) is 0 Å². The summed E-state index contributed by atoms with van der Waals surface area (Å²) in [6, 6.07) is 2.45. The van der Waals surface area contributed by atoms with Gasteiger partial charge in [-0.3, -0.25) is 4.90 Å². The molecule has 0 bridgehead atoms. The molecule has 0 saturated carbocycles. The van der Waals surface area contributed by atoms with E-state index in [2.05, 4.69) is 5.32 Å². The lowest BCUT2D eigenvalue weighted by Gasteiger charge is -2.27. The van der Waals surface area contributed by atoms with Crippen LogP contribution in [0.5, 0.6) is 0 Å².